The summed E-state index contributed by atoms with van der Waals surface area (Å²) in [5.41, 5.74) is 0.0849. The summed E-state index contributed by atoms with van der Waals surface area (Å²) < 4.78 is 6.58. The molecular formula is C17H23N5O3. The maximum absolute atomic E-state index is 12.8. The van der Waals surface area contributed by atoms with Gasteiger partial charge in [0.05, 0.1) is 0 Å². The Bertz CT molecular complexity index is 811. The van der Waals surface area contributed by atoms with Crippen molar-refractivity contribution in [2.45, 2.75) is 52.0 Å². The second kappa shape index (κ2) is 7.16. The van der Waals surface area contributed by atoms with Crippen molar-refractivity contribution in [3.63, 3.8) is 0 Å². The first-order chi connectivity index (χ1) is 12.0. The van der Waals surface area contributed by atoms with Gasteiger partial charge < -0.3 is 9.42 Å². The molecule has 1 aliphatic heterocycles. The fourth-order valence-electron chi connectivity index (χ4n) is 2.97. The predicted octanol–water partition coefficient (Wildman–Crippen LogP) is 1.79. The molecule has 0 aromatic carbocycles. The fraction of sp³-hybridized carbons (Fsp3) is 0.588. The highest BCUT2D eigenvalue weighted by Gasteiger charge is 2.29. The van der Waals surface area contributed by atoms with Gasteiger partial charge in [-0.25, -0.2) is 4.68 Å². The van der Waals surface area contributed by atoms with E-state index in [0.29, 0.717) is 31.3 Å². The maximum atomic E-state index is 12.8. The molecule has 1 atom stereocenters. The molecule has 3 rings (SSSR count). The summed E-state index contributed by atoms with van der Waals surface area (Å²) in [6.07, 6.45) is 1.79. The van der Waals surface area contributed by atoms with Gasteiger partial charge in [0.2, 0.25) is 5.89 Å². The predicted molar refractivity (Wildman–Crippen MR) is 90.4 cm³/mol. The van der Waals surface area contributed by atoms with Crippen LogP contribution in [0, 0.1) is 0 Å². The van der Waals surface area contributed by atoms with E-state index in [2.05, 4.69) is 15.2 Å². The topological polar surface area (TPSA) is 94.1 Å². The Hall–Kier alpha value is -2.51. The molecule has 2 aromatic heterocycles. The monoisotopic (exact) mass is 345 g/mol. The summed E-state index contributed by atoms with van der Waals surface area (Å²) in [6, 6.07) is 2.88. The lowest BCUT2D eigenvalue weighted by molar-refractivity contribution is 0.0694. The number of hydrogen-bond acceptors (Lipinski definition) is 6. The molecule has 0 N–H and O–H groups in total. The minimum atomic E-state index is -0.205. The third-order valence-corrected chi connectivity index (χ3v) is 4.41. The van der Waals surface area contributed by atoms with Crippen LogP contribution in [0.5, 0.6) is 0 Å². The molecule has 0 aliphatic carbocycles. The van der Waals surface area contributed by atoms with Crippen LogP contribution in [0.4, 0.5) is 0 Å². The molecule has 8 heteroatoms. The van der Waals surface area contributed by atoms with Crippen LogP contribution in [0.1, 0.15) is 67.7 Å². The van der Waals surface area contributed by atoms with Crippen LogP contribution in [0.25, 0.3) is 0 Å². The first kappa shape index (κ1) is 17.3. The Labute approximate surface area is 145 Å². The largest absolute Gasteiger partial charge is 0.339 e. The van der Waals surface area contributed by atoms with Gasteiger partial charge in [-0.15, -0.1) is 0 Å². The fourth-order valence-corrected chi connectivity index (χ4v) is 2.97. The van der Waals surface area contributed by atoms with E-state index in [0.717, 1.165) is 12.8 Å². The SMILES string of the molecule is CCn1nc(C(=O)N2CCC[C@@H](c3noc(C(C)C)n3)C2)ccc1=O. The molecule has 2 aromatic rings. The number of aromatic nitrogens is 4. The quantitative estimate of drug-likeness (QED) is 0.838. The molecular weight excluding hydrogens is 322 g/mol. The van der Waals surface area contributed by atoms with Gasteiger partial charge in [-0.05, 0) is 25.8 Å². The lowest BCUT2D eigenvalue weighted by Crippen LogP contribution is -2.40. The Balaban J connectivity index is 1.76. The summed E-state index contributed by atoms with van der Waals surface area (Å²) in [4.78, 5) is 30.6. The van der Waals surface area contributed by atoms with Gasteiger partial charge >= 0.3 is 0 Å². The first-order valence-electron chi connectivity index (χ1n) is 8.70. The highest BCUT2D eigenvalue weighted by molar-refractivity contribution is 5.92. The smallest absolute Gasteiger partial charge is 0.274 e. The van der Waals surface area contributed by atoms with E-state index >= 15 is 0 Å². The third kappa shape index (κ3) is 3.62. The molecule has 0 bridgehead atoms. The molecule has 1 amide bonds. The van der Waals surface area contributed by atoms with Crippen molar-refractivity contribution in [1.82, 2.24) is 24.8 Å². The average Bonchev–Trinajstić information content (AvgIpc) is 3.12. The van der Waals surface area contributed by atoms with Gasteiger partial charge in [0.25, 0.3) is 11.5 Å². The number of hydrogen-bond donors (Lipinski definition) is 0. The molecule has 0 unspecified atom stereocenters. The maximum Gasteiger partial charge on any atom is 0.274 e. The summed E-state index contributed by atoms with van der Waals surface area (Å²) >= 11 is 0. The number of carbonyl (C=O) groups is 1. The van der Waals surface area contributed by atoms with E-state index in [1.54, 1.807) is 4.90 Å². The van der Waals surface area contributed by atoms with Crippen LogP contribution < -0.4 is 5.56 Å². The molecule has 25 heavy (non-hydrogen) atoms. The average molecular weight is 345 g/mol. The second-order valence-electron chi connectivity index (χ2n) is 6.61. The molecule has 3 heterocycles. The zero-order valence-electron chi connectivity index (χ0n) is 14.8. The Morgan fingerprint density at radius 1 is 1.40 bits per heavy atom. The Morgan fingerprint density at radius 2 is 2.20 bits per heavy atom. The summed E-state index contributed by atoms with van der Waals surface area (Å²) in [5.74, 6) is 1.36. The van der Waals surface area contributed by atoms with Gasteiger partial charge in [0.1, 0.15) is 5.69 Å². The summed E-state index contributed by atoms with van der Waals surface area (Å²) in [5, 5.41) is 8.24. The number of piperidine rings is 1. The minimum absolute atomic E-state index is 0.0611. The first-order valence-corrected chi connectivity index (χ1v) is 8.70. The molecule has 0 radical (unpaired) electrons. The van der Waals surface area contributed by atoms with E-state index < -0.39 is 0 Å². The van der Waals surface area contributed by atoms with Crippen molar-refractivity contribution < 1.29 is 9.32 Å². The number of carbonyl (C=O) groups excluding carboxylic acids is 1. The number of likely N-dealkylation sites (tertiary alicyclic amines) is 1. The molecule has 1 fully saturated rings. The normalized spacial score (nSPS) is 17.9. The number of nitrogens with zero attached hydrogens (tertiary/aromatic N) is 5. The highest BCUT2D eigenvalue weighted by Crippen LogP contribution is 2.26. The van der Waals surface area contributed by atoms with Crippen LogP contribution in [-0.2, 0) is 6.54 Å². The lowest BCUT2D eigenvalue weighted by atomic mass is 9.97. The Kier molecular flexibility index (Phi) is 4.96. The van der Waals surface area contributed by atoms with Crippen molar-refractivity contribution in [2.24, 2.45) is 0 Å². The number of aryl methyl sites for hydroxylation is 1. The highest BCUT2D eigenvalue weighted by atomic mass is 16.5. The van der Waals surface area contributed by atoms with Crippen LogP contribution in [0.2, 0.25) is 0 Å². The molecule has 1 saturated heterocycles. The third-order valence-electron chi connectivity index (χ3n) is 4.41. The number of rotatable bonds is 4. The molecule has 1 aliphatic rings. The van der Waals surface area contributed by atoms with Crippen molar-refractivity contribution in [3.8, 4) is 0 Å². The van der Waals surface area contributed by atoms with E-state index in [4.69, 9.17) is 4.52 Å². The van der Waals surface area contributed by atoms with Gasteiger partial charge in [-0.2, -0.15) is 10.1 Å². The summed E-state index contributed by atoms with van der Waals surface area (Å²) in [7, 11) is 0. The van der Waals surface area contributed by atoms with Gasteiger partial charge in [0.15, 0.2) is 5.82 Å². The van der Waals surface area contributed by atoms with E-state index in [9.17, 15) is 9.59 Å². The number of amides is 1. The van der Waals surface area contributed by atoms with Gasteiger partial charge in [-0.1, -0.05) is 19.0 Å². The Morgan fingerprint density at radius 3 is 2.88 bits per heavy atom. The van der Waals surface area contributed by atoms with E-state index in [1.165, 1.54) is 16.8 Å². The lowest BCUT2D eigenvalue weighted by Gasteiger charge is -2.31. The summed E-state index contributed by atoms with van der Waals surface area (Å²) in [6.45, 7) is 7.45. The zero-order valence-corrected chi connectivity index (χ0v) is 14.8. The molecule has 0 saturated carbocycles. The van der Waals surface area contributed by atoms with Crippen molar-refractivity contribution in [2.75, 3.05) is 13.1 Å². The van der Waals surface area contributed by atoms with Crippen LogP contribution in [0.3, 0.4) is 0 Å². The molecule has 8 nitrogen and oxygen atoms in total. The van der Waals surface area contributed by atoms with E-state index in [-0.39, 0.29) is 29.0 Å². The van der Waals surface area contributed by atoms with E-state index in [1.807, 2.05) is 20.8 Å². The van der Waals surface area contributed by atoms with Crippen LogP contribution in [-0.4, -0.2) is 43.8 Å². The van der Waals surface area contributed by atoms with Crippen LogP contribution in [0.15, 0.2) is 21.5 Å². The van der Waals surface area contributed by atoms with Crippen molar-refractivity contribution in [1.29, 1.82) is 0 Å². The van der Waals surface area contributed by atoms with Gasteiger partial charge in [-0.3, -0.25) is 9.59 Å². The standard InChI is InChI=1S/C17H23N5O3/c1-4-22-14(23)8-7-13(19-22)17(24)21-9-5-6-12(10-21)15-18-16(11(2)3)25-20-15/h7-8,11-12H,4-6,9-10H2,1-3H3/t12-/m1/s1. The minimum Gasteiger partial charge on any atom is -0.339 e. The molecule has 0 spiro atoms. The van der Waals surface area contributed by atoms with Crippen molar-refractivity contribution in [3.05, 3.63) is 39.9 Å². The van der Waals surface area contributed by atoms with Crippen molar-refractivity contribution >= 4 is 5.91 Å². The second-order valence-corrected chi connectivity index (χ2v) is 6.61. The molecule has 134 valence electrons. The van der Waals surface area contributed by atoms with Crippen LogP contribution >= 0.6 is 0 Å². The van der Waals surface area contributed by atoms with Gasteiger partial charge in [0, 0.05) is 37.5 Å². The zero-order chi connectivity index (χ0) is 18.0.